The maximum Gasteiger partial charge on any atom is 0.239 e. The fraction of sp³-hybridized carbons (Fsp3) is 0.400. The van der Waals surface area contributed by atoms with Crippen LogP contribution in [0.25, 0.3) is 22.3 Å². The van der Waals surface area contributed by atoms with Gasteiger partial charge in [-0.1, -0.05) is 0 Å². The van der Waals surface area contributed by atoms with E-state index >= 15 is 0 Å². The molecule has 13 nitrogen and oxygen atoms in total. The van der Waals surface area contributed by atoms with Crippen LogP contribution in [0.15, 0.2) is 33.5 Å². The molecule has 13 heteroatoms. The Morgan fingerprint density at radius 2 is 1.53 bits per heavy atom. The van der Waals surface area contributed by atoms with Crippen molar-refractivity contribution in [2.45, 2.75) is 30.7 Å². The highest BCUT2D eigenvalue weighted by Crippen LogP contribution is 2.44. The number of hydrogen-bond donors (Lipinski definition) is 5. The summed E-state index contributed by atoms with van der Waals surface area (Å²) in [6, 6.07) is 5.83. The van der Waals surface area contributed by atoms with Gasteiger partial charge in [0.1, 0.15) is 35.4 Å². The number of ether oxygens (including phenoxy) is 6. The Kier molecular flexibility index (Phi) is 7.85. The summed E-state index contributed by atoms with van der Waals surface area (Å²) in [5, 5.41) is 50.5. The zero-order chi connectivity index (χ0) is 27.7. The van der Waals surface area contributed by atoms with E-state index in [9.17, 15) is 30.3 Å². The highest BCUT2D eigenvalue weighted by molar-refractivity contribution is 5.91. The van der Waals surface area contributed by atoms with Crippen molar-refractivity contribution in [2.24, 2.45) is 0 Å². The van der Waals surface area contributed by atoms with Crippen molar-refractivity contribution < 1.29 is 58.4 Å². The lowest BCUT2D eigenvalue weighted by Gasteiger charge is -2.39. The number of rotatable bonds is 8. The molecule has 2 heterocycles. The van der Waals surface area contributed by atoms with Crippen LogP contribution in [0.3, 0.4) is 0 Å². The second kappa shape index (κ2) is 10.9. The average Bonchev–Trinajstić information content (AvgIpc) is 2.92. The highest BCUT2D eigenvalue weighted by Gasteiger charge is 2.45. The predicted molar refractivity (Wildman–Crippen MR) is 130 cm³/mol. The van der Waals surface area contributed by atoms with Gasteiger partial charge in [-0.15, -0.1) is 0 Å². The second-order valence-corrected chi connectivity index (χ2v) is 8.31. The van der Waals surface area contributed by atoms with Crippen LogP contribution >= 0.6 is 0 Å². The molecular formula is C25H28O13. The third kappa shape index (κ3) is 4.54. The topological polar surface area (TPSA) is 187 Å². The molecule has 1 aliphatic rings. The standard InChI is InChI=1S/C25H28O13/c1-32-11-6-5-10(7-12(11)37-25-21(31)20(30)17(27)15(9-26)38-25)22-24(35-4)19(29)16-13(36-22)8-14(33-2)23(34-3)18(16)28/h5-8,15,17,20-21,25-28,30-31H,9H2,1-4H3/t15?,17-,20-,21?,25+/m0/s1. The first kappa shape index (κ1) is 27.3. The third-order valence-corrected chi connectivity index (χ3v) is 6.18. The minimum absolute atomic E-state index is 0.00860. The van der Waals surface area contributed by atoms with Crippen LogP contribution in [0.2, 0.25) is 0 Å². The molecule has 0 saturated carbocycles. The van der Waals surface area contributed by atoms with Gasteiger partial charge in [0.25, 0.3) is 0 Å². The molecule has 38 heavy (non-hydrogen) atoms. The van der Waals surface area contributed by atoms with Crippen molar-refractivity contribution in [1.82, 2.24) is 0 Å². The second-order valence-electron chi connectivity index (χ2n) is 8.31. The predicted octanol–water partition coefficient (Wildman–Crippen LogP) is 0.379. The molecule has 206 valence electrons. The van der Waals surface area contributed by atoms with Crippen LogP contribution in [-0.2, 0) is 4.74 Å². The van der Waals surface area contributed by atoms with E-state index in [1.54, 1.807) is 6.07 Å². The lowest BCUT2D eigenvalue weighted by atomic mass is 9.99. The van der Waals surface area contributed by atoms with Gasteiger partial charge in [-0.2, -0.15) is 0 Å². The minimum atomic E-state index is -1.67. The van der Waals surface area contributed by atoms with Gasteiger partial charge >= 0.3 is 0 Å². The Balaban J connectivity index is 1.84. The van der Waals surface area contributed by atoms with Gasteiger partial charge in [0.15, 0.2) is 28.8 Å². The fourth-order valence-corrected chi connectivity index (χ4v) is 4.20. The minimum Gasteiger partial charge on any atom is -0.504 e. The summed E-state index contributed by atoms with van der Waals surface area (Å²) in [5.41, 5.74) is -0.432. The van der Waals surface area contributed by atoms with Crippen LogP contribution in [0, 0.1) is 0 Å². The molecule has 1 aliphatic heterocycles. The molecule has 0 radical (unpaired) electrons. The van der Waals surface area contributed by atoms with E-state index in [1.807, 2.05) is 0 Å². The van der Waals surface area contributed by atoms with E-state index in [-0.39, 0.29) is 51.0 Å². The molecule has 2 aromatic carbocycles. The molecule has 1 saturated heterocycles. The van der Waals surface area contributed by atoms with Crippen molar-refractivity contribution in [3.63, 3.8) is 0 Å². The molecule has 1 aromatic heterocycles. The number of aliphatic hydroxyl groups is 4. The molecule has 0 aliphatic carbocycles. The lowest BCUT2D eigenvalue weighted by molar-refractivity contribution is -0.277. The SMILES string of the molecule is COc1ccc(-c2oc3cc(OC)c(OC)c(O)c3c(=O)c2OC)cc1O[C@@H]1OC(CO)[C@H](O)[C@H](O)C1O. The van der Waals surface area contributed by atoms with Crippen LogP contribution in [0.4, 0.5) is 0 Å². The number of phenols is 1. The summed E-state index contributed by atoms with van der Waals surface area (Å²) >= 11 is 0. The van der Waals surface area contributed by atoms with Gasteiger partial charge in [-0.05, 0) is 18.2 Å². The van der Waals surface area contributed by atoms with Crippen LogP contribution in [0.1, 0.15) is 0 Å². The maximum atomic E-state index is 13.3. The number of benzene rings is 2. The van der Waals surface area contributed by atoms with Crippen LogP contribution in [-0.4, -0.2) is 91.3 Å². The molecule has 0 amide bonds. The molecule has 5 atom stereocenters. The van der Waals surface area contributed by atoms with Gasteiger partial charge in [-0.3, -0.25) is 4.79 Å². The van der Waals surface area contributed by atoms with E-state index in [4.69, 9.17) is 32.8 Å². The lowest BCUT2D eigenvalue weighted by Crippen LogP contribution is -2.60. The summed E-state index contributed by atoms with van der Waals surface area (Å²) in [6.45, 7) is -0.636. The quantitative estimate of drug-likeness (QED) is 0.266. The number of phenolic OH excluding ortho intramolecular Hbond substituents is 1. The largest absolute Gasteiger partial charge is 0.504 e. The van der Waals surface area contributed by atoms with Gasteiger partial charge < -0.3 is 58.4 Å². The number of methoxy groups -OCH3 is 4. The van der Waals surface area contributed by atoms with Crippen LogP contribution < -0.4 is 29.1 Å². The molecule has 1 fully saturated rings. The molecule has 4 rings (SSSR count). The Morgan fingerprint density at radius 1 is 0.842 bits per heavy atom. The van der Waals surface area contributed by atoms with Crippen molar-refractivity contribution in [1.29, 1.82) is 0 Å². The van der Waals surface area contributed by atoms with Gasteiger partial charge in [0, 0.05) is 11.6 Å². The van der Waals surface area contributed by atoms with Gasteiger partial charge in [-0.25, -0.2) is 0 Å². The first-order valence-electron chi connectivity index (χ1n) is 11.3. The van der Waals surface area contributed by atoms with E-state index in [1.165, 1.54) is 46.6 Å². The molecule has 5 N–H and O–H groups in total. The molecular weight excluding hydrogens is 508 g/mol. The highest BCUT2D eigenvalue weighted by atomic mass is 16.7. The maximum absolute atomic E-state index is 13.3. The molecule has 2 unspecified atom stereocenters. The summed E-state index contributed by atoms with van der Waals surface area (Å²) in [6.07, 6.45) is -7.57. The van der Waals surface area contributed by atoms with E-state index < -0.39 is 48.5 Å². The first-order valence-corrected chi connectivity index (χ1v) is 11.3. The number of hydrogen-bond acceptors (Lipinski definition) is 13. The Hall–Kier alpha value is -3.75. The zero-order valence-corrected chi connectivity index (χ0v) is 20.9. The smallest absolute Gasteiger partial charge is 0.239 e. The van der Waals surface area contributed by atoms with E-state index in [0.29, 0.717) is 0 Å². The van der Waals surface area contributed by atoms with E-state index in [2.05, 4.69) is 0 Å². The van der Waals surface area contributed by atoms with Crippen molar-refractivity contribution in [2.75, 3.05) is 35.0 Å². The summed E-state index contributed by atoms with van der Waals surface area (Å²) in [4.78, 5) is 13.3. The zero-order valence-electron chi connectivity index (χ0n) is 20.9. The summed E-state index contributed by atoms with van der Waals surface area (Å²) in [5.74, 6) is -0.477. The van der Waals surface area contributed by atoms with Crippen molar-refractivity contribution >= 4 is 11.0 Å². The number of aliphatic hydroxyl groups excluding tert-OH is 4. The molecule has 0 bridgehead atoms. The first-order chi connectivity index (χ1) is 18.2. The monoisotopic (exact) mass is 536 g/mol. The fourth-order valence-electron chi connectivity index (χ4n) is 4.20. The van der Waals surface area contributed by atoms with Crippen molar-refractivity contribution in [3.8, 4) is 45.8 Å². The number of fused-ring (bicyclic) bond motifs is 1. The van der Waals surface area contributed by atoms with Crippen LogP contribution in [0.5, 0.6) is 34.5 Å². The Morgan fingerprint density at radius 3 is 2.13 bits per heavy atom. The van der Waals surface area contributed by atoms with E-state index in [0.717, 1.165) is 0 Å². The van der Waals surface area contributed by atoms with Crippen molar-refractivity contribution in [3.05, 3.63) is 34.5 Å². The van der Waals surface area contributed by atoms with Gasteiger partial charge in [0.05, 0.1) is 35.0 Å². The normalized spacial score (nSPS) is 23.2. The average molecular weight is 536 g/mol. The Labute approximate surface area is 215 Å². The third-order valence-electron chi connectivity index (χ3n) is 6.18. The number of aromatic hydroxyl groups is 1. The summed E-state index contributed by atoms with van der Waals surface area (Å²) < 4.78 is 38.2. The molecule has 0 spiro atoms. The molecule has 3 aromatic rings. The Bertz CT molecular complexity index is 1370. The van der Waals surface area contributed by atoms with Gasteiger partial charge in [0.2, 0.25) is 23.2 Å². The summed E-state index contributed by atoms with van der Waals surface area (Å²) in [7, 11) is 5.30.